The van der Waals surface area contributed by atoms with Crippen LogP contribution in [0.1, 0.15) is 13.8 Å². The molecule has 2 rings (SSSR count). The van der Waals surface area contributed by atoms with Gasteiger partial charge in [0, 0.05) is 0 Å². The molecular formula is C13H14Cl2N2O3. The first kappa shape index (κ1) is 14.9. The van der Waals surface area contributed by atoms with E-state index < -0.39 is 18.1 Å². The lowest BCUT2D eigenvalue weighted by Gasteiger charge is -2.36. The van der Waals surface area contributed by atoms with Gasteiger partial charge in [0.05, 0.1) is 28.5 Å². The molecule has 1 N–H and O–H groups in total. The van der Waals surface area contributed by atoms with Crippen LogP contribution in [0.25, 0.3) is 0 Å². The summed E-state index contributed by atoms with van der Waals surface area (Å²) in [7, 11) is 1.28. The monoisotopic (exact) mass is 316 g/mol. The first-order valence-electron chi connectivity index (χ1n) is 6.03. The van der Waals surface area contributed by atoms with E-state index in [1.54, 1.807) is 26.0 Å². The van der Waals surface area contributed by atoms with Crippen LogP contribution in [-0.2, 0) is 14.3 Å². The molecule has 0 saturated carbocycles. The fourth-order valence-electron chi connectivity index (χ4n) is 2.15. The van der Waals surface area contributed by atoms with Gasteiger partial charge in [0.15, 0.2) is 0 Å². The molecule has 2 atom stereocenters. The van der Waals surface area contributed by atoms with Crippen molar-refractivity contribution in [3.05, 3.63) is 22.2 Å². The van der Waals surface area contributed by atoms with Gasteiger partial charge in [-0.2, -0.15) is 0 Å². The maximum atomic E-state index is 12.3. The minimum Gasteiger partial charge on any atom is -0.467 e. The number of anilines is 2. The van der Waals surface area contributed by atoms with E-state index in [0.29, 0.717) is 21.4 Å². The highest BCUT2D eigenvalue weighted by molar-refractivity contribution is 6.42. The van der Waals surface area contributed by atoms with E-state index in [4.69, 9.17) is 27.9 Å². The van der Waals surface area contributed by atoms with E-state index in [9.17, 15) is 9.59 Å². The lowest BCUT2D eigenvalue weighted by atomic mass is 10.1. The van der Waals surface area contributed by atoms with Gasteiger partial charge >= 0.3 is 5.97 Å². The molecule has 0 saturated heterocycles. The Balaban J connectivity index is 2.54. The molecule has 1 aliphatic heterocycles. The highest BCUT2D eigenvalue weighted by Gasteiger charge is 2.36. The average molecular weight is 317 g/mol. The fourth-order valence-corrected chi connectivity index (χ4v) is 2.47. The number of carbonyl (C=O) groups is 2. The van der Waals surface area contributed by atoms with E-state index >= 15 is 0 Å². The molecule has 20 heavy (non-hydrogen) atoms. The number of esters is 1. The molecule has 1 aromatic carbocycles. The maximum absolute atomic E-state index is 12.3. The second-order valence-electron chi connectivity index (χ2n) is 4.56. The van der Waals surface area contributed by atoms with E-state index in [0.717, 1.165) is 0 Å². The Morgan fingerprint density at radius 3 is 2.60 bits per heavy atom. The smallest absolute Gasteiger partial charge is 0.328 e. The quantitative estimate of drug-likeness (QED) is 0.852. The molecule has 0 fully saturated rings. The average Bonchev–Trinajstić information content (AvgIpc) is 2.41. The number of fused-ring (bicyclic) bond motifs is 1. The lowest BCUT2D eigenvalue weighted by molar-refractivity contribution is -0.143. The highest BCUT2D eigenvalue weighted by Crippen LogP contribution is 2.39. The zero-order valence-electron chi connectivity index (χ0n) is 11.2. The predicted octanol–water partition coefficient (Wildman–Crippen LogP) is 2.70. The summed E-state index contributed by atoms with van der Waals surface area (Å²) in [6.07, 6.45) is 0. The van der Waals surface area contributed by atoms with Gasteiger partial charge in [-0.05, 0) is 26.0 Å². The molecule has 0 radical (unpaired) electrons. The fraction of sp³-hybridized carbons (Fsp3) is 0.385. The SMILES string of the molecule is COC(=O)C(C)N1C(=O)C(C)Nc2cc(Cl)c(Cl)cc21. The van der Waals surface area contributed by atoms with Gasteiger partial charge in [-0.3, -0.25) is 9.69 Å². The summed E-state index contributed by atoms with van der Waals surface area (Å²) in [5.41, 5.74) is 1.17. The summed E-state index contributed by atoms with van der Waals surface area (Å²) in [5, 5.41) is 3.73. The minimum atomic E-state index is -0.743. The van der Waals surface area contributed by atoms with Crippen molar-refractivity contribution in [2.75, 3.05) is 17.3 Å². The molecule has 1 aliphatic rings. The van der Waals surface area contributed by atoms with Crippen molar-refractivity contribution in [1.29, 1.82) is 0 Å². The van der Waals surface area contributed by atoms with Crippen LogP contribution >= 0.6 is 23.2 Å². The Bertz CT molecular complexity index is 577. The largest absolute Gasteiger partial charge is 0.467 e. The Labute approximate surface area is 126 Å². The first-order valence-corrected chi connectivity index (χ1v) is 6.79. The molecule has 1 aromatic rings. The van der Waals surface area contributed by atoms with Crippen LogP contribution in [0.5, 0.6) is 0 Å². The van der Waals surface area contributed by atoms with Gasteiger partial charge in [0.2, 0.25) is 5.91 Å². The summed E-state index contributed by atoms with van der Waals surface area (Å²) in [6, 6.07) is 1.99. The third-order valence-corrected chi connectivity index (χ3v) is 3.93. The Kier molecular flexibility index (Phi) is 4.11. The van der Waals surface area contributed by atoms with Gasteiger partial charge < -0.3 is 10.1 Å². The summed E-state index contributed by atoms with van der Waals surface area (Å²) in [4.78, 5) is 25.4. The normalized spacial score (nSPS) is 19.1. The molecule has 0 spiro atoms. The molecule has 108 valence electrons. The predicted molar refractivity (Wildman–Crippen MR) is 78.5 cm³/mol. The Morgan fingerprint density at radius 2 is 2.00 bits per heavy atom. The summed E-state index contributed by atoms with van der Waals surface area (Å²) >= 11 is 12.0. The molecule has 0 aromatic heterocycles. The number of methoxy groups -OCH3 is 1. The molecule has 1 amide bonds. The van der Waals surface area contributed by atoms with Gasteiger partial charge in [-0.25, -0.2) is 4.79 Å². The number of nitrogens with one attached hydrogen (secondary N) is 1. The summed E-state index contributed by atoms with van der Waals surface area (Å²) in [6.45, 7) is 3.32. The summed E-state index contributed by atoms with van der Waals surface area (Å²) in [5.74, 6) is -0.724. The van der Waals surface area contributed by atoms with E-state index in [2.05, 4.69) is 5.32 Å². The van der Waals surface area contributed by atoms with Crippen LogP contribution < -0.4 is 10.2 Å². The number of amides is 1. The molecule has 7 heteroatoms. The maximum Gasteiger partial charge on any atom is 0.328 e. The first-order chi connectivity index (χ1) is 9.36. The number of hydrogen-bond donors (Lipinski definition) is 1. The van der Waals surface area contributed by atoms with Crippen LogP contribution in [0, 0.1) is 0 Å². The summed E-state index contributed by atoms with van der Waals surface area (Å²) < 4.78 is 4.71. The topological polar surface area (TPSA) is 58.6 Å². The highest BCUT2D eigenvalue weighted by atomic mass is 35.5. The van der Waals surface area contributed by atoms with Gasteiger partial charge in [-0.1, -0.05) is 23.2 Å². The van der Waals surface area contributed by atoms with Crippen molar-refractivity contribution in [2.24, 2.45) is 0 Å². The van der Waals surface area contributed by atoms with E-state index in [-0.39, 0.29) is 5.91 Å². The lowest BCUT2D eigenvalue weighted by Crippen LogP contribution is -2.52. The van der Waals surface area contributed by atoms with Crippen molar-refractivity contribution >= 4 is 46.5 Å². The van der Waals surface area contributed by atoms with Crippen LogP contribution in [0.3, 0.4) is 0 Å². The van der Waals surface area contributed by atoms with E-state index in [1.165, 1.54) is 12.0 Å². The van der Waals surface area contributed by atoms with Crippen LogP contribution in [0.4, 0.5) is 11.4 Å². The second kappa shape index (κ2) is 5.50. The number of nitrogens with zero attached hydrogens (tertiary/aromatic N) is 1. The molecule has 0 bridgehead atoms. The number of ether oxygens (including phenoxy) is 1. The third-order valence-electron chi connectivity index (χ3n) is 3.21. The van der Waals surface area contributed by atoms with Crippen molar-refractivity contribution in [1.82, 2.24) is 0 Å². The van der Waals surface area contributed by atoms with Gasteiger partial charge in [0.25, 0.3) is 0 Å². The zero-order chi connectivity index (χ0) is 15.0. The number of halogens is 2. The number of benzene rings is 1. The molecule has 1 heterocycles. The van der Waals surface area contributed by atoms with Gasteiger partial charge in [-0.15, -0.1) is 0 Å². The minimum absolute atomic E-state index is 0.228. The molecule has 2 unspecified atom stereocenters. The second-order valence-corrected chi connectivity index (χ2v) is 5.37. The van der Waals surface area contributed by atoms with Crippen LogP contribution in [0.2, 0.25) is 10.0 Å². The molecule has 0 aliphatic carbocycles. The zero-order valence-corrected chi connectivity index (χ0v) is 12.7. The van der Waals surface area contributed by atoms with Crippen LogP contribution in [0.15, 0.2) is 12.1 Å². The number of hydrogen-bond acceptors (Lipinski definition) is 4. The third kappa shape index (κ3) is 2.43. The van der Waals surface area contributed by atoms with E-state index in [1.807, 2.05) is 0 Å². The van der Waals surface area contributed by atoms with Crippen LogP contribution in [-0.4, -0.2) is 31.1 Å². The van der Waals surface area contributed by atoms with Crippen molar-refractivity contribution in [3.63, 3.8) is 0 Å². The Morgan fingerprint density at radius 1 is 1.40 bits per heavy atom. The van der Waals surface area contributed by atoms with Crippen molar-refractivity contribution in [3.8, 4) is 0 Å². The molecular weight excluding hydrogens is 303 g/mol. The van der Waals surface area contributed by atoms with Gasteiger partial charge in [0.1, 0.15) is 12.1 Å². The van der Waals surface area contributed by atoms with Crippen molar-refractivity contribution < 1.29 is 14.3 Å². The standard InChI is InChI=1S/C13H14Cl2N2O3/c1-6-12(18)17(7(2)13(19)20-3)11-5-9(15)8(14)4-10(11)16-6/h4-7,16H,1-3H3. The number of rotatable bonds is 2. The Hall–Kier alpha value is -1.46. The number of carbonyl (C=O) groups excluding carboxylic acids is 2. The van der Waals surface area contributed by atoms with Crippen molar-refractivity contribution in [2.45, 2.75) is 25.9 Å². The molecule has 5 nitrogen and oxygen atoms in total.